The van der Waals surface area contributed by atoms with Crippen LogP contribution in [0.25, 0.3) is 6.08 Å². The summed E-state index contributed by atoms with van der Waals surface area (Å²) < 4.78 is 21.3. The average Bonchev–Trinajstić information content (AvgIpc) is 2.81. The number of morpholine rings is 1. The van der Waals surface area contributed by atoms with Gasteiger partial charge in [-0.3, -0.25) is 9.80 Å². The molecule has 0 atom stereocenters. The molecule has 1 aliphatic rings. The Kier molecular flexibility index (Phi) is 7.40. The summed E-state index contributed by atoms with van der Waals surface area (Å²) in [5, 5.41) is 10.3. The largest absolute Gasteiger partial charge is 0.493 e. The van der Waals surface area contributed by atoms with Crippen molar-refractivity contribution in [3.63, 3.8) is 0 Å². The van der Waals surface area contributed by atoms with E-state index in [9.17, 15) is 4.79 Å². The number of methoxy groups -OCH3 is 3. The number of ether oxygens (including phenoxy) is 4. The molecule has 3 rings (SSSR count). The monoisotopic (exact) mass is 411 g/mol. The van der Waals surface area contributed by atoms with Crippen molar-refractivity contribution in [1.29, 1.82) is 0 Å². The van der Waals surface area contributed by atoms with Crippen LogP contribution < -0.4 is 14.2 Å². The van der Waals surface area contributed by atoms with Gasteiger partial charge in [-0.25, -0.2) is 0 Å². The molecule has 1 heterocycles. The molecular weight excluding hydrogens is 386 g/mol. The molecule has 0 N–H and O–H groups in total. The molecule has 0 aromatic heterocycles. The van der Waals surface area contributed by atoms with Gasteiger partial charge in [0.05, 0.1) is 53.3 Å². The first kappa shape index (κ1) is 21.3. The summed E-state index contributed by atoms with van der Waals surface area (Å²) in [7, 11) is 4.64. The van der Waals surface area contributed by atoms with Gasteiger partial charge in [-0.15, -0.1) is 5.11 Å². The first-order valence-corrected chi connectivity index (χ1v) is 9.51. The van der Waals surface area contributed by atoms with Crippen LogP contribution in [0.5, 0.6) is 17.2 Å². The summed E-state index contributed by atoms with van der Waals surface area (Å²) in [6, 6.07) is 10.6. The summed E-state index contributed by atoms with van der Waals surface area (Å²) in [4.78, 5) is 12.5. The maximum atomic E-state index is 12.5. The highest BCUT2D eigenvalue weighted by Gasteiger charge is 2.12. The fraction of sp³-hybridized carbons (Fsp3) is 0.318. The Labute approximate surface area is 175 Å². The van der Waals surface area contributed by atoms with Gasteiger partial charge in [-0.2, -0.15) is 0 Å². The minimum Gasteiger partial charge on any atom is -0.493 e. The first-order valence-electron chi connectivity index (χ1n) is 9.51. The van der Waals surface area contributed by atoms with E-state index in [1.54, 1.807) is 63.8 Å². The van der Waals surface area contributed by atoms with E-state index in [2.05, 4.69) is 10.3 Å². The molecule has 30 heavy (non-hydrogen) atoms. The van der Waals surface area contributed by atoms with E-state index in [4.69, 9.17) is 18.9 Å². The molecule has 2 aromatic carbocycles. The minimum absolute atomic E-state index is 0.125. The predicted octanol–water partition coefficient (Wildman–Crippen LogP) is 3.94. The standard InChI is InChI=1S/C22H25N3O5/c1-27-20-14-16(15-21(28-2)22(20)29-3)4-9-19(26)17-5-7-18(8-6-17)23-24-25-10-12-30-13-11-25/h4-9,14-15H,10-13H2,1-3H3/b9-4+,24-23?. The fourth-order valence-corrected chi connectivity index (χ4v) is 2.92. The Hall–Kier alpha value is -3.39. The second-order valence-corrected chi connectivity index (χ2v) is 6.46. The number of carbonyl (C=O) groups is 1. The molecule has 0 bridgehead atoms. The highest BCUT2D eigenvalue weighted by molar-refractivity contribution is 6.07. The lowest BCUT2D eigenvalue weighted by Crippen LogP contribution is -2.31. The molecule has 158 valence electrons. The van der Waals surface area contributed by atoms with Gasteiger partial charge in [0.1, 0.15) is 0 Å². The average molecular weight is 411 g/mol. The molecule has 1 fully saturated rings. The Bertz CT molecular complexity index is 894. The molecule has 0 radical (unpaired) electrons. The lowest BCUT2D eigenvalue weighted by atomic mass is 10.1. The first-order chi connectivity index (χ1) is 14.6. The van der Waals surface area contributed by atoms with Gasteiger partial charge >= 0.3 is 0 Å². The van der Waals surface area contributed by atoms with Crippen LogP contribution in [0.2, 0.25) is 0 Å². The lowest BCUT2D eigenvalue weighted by molar-refractivity contribution is 0.0353. The quantitative estimate of drug-likeness (QED) is 0.372. The molecule has 0 unspecified atom stereocenters. The summed E-state index contributed by atoms with van der Waals surface area (Å²) in [5.74, 6) is 1.43. The van der Waals surface area contributed by atoms with E-state index in [-0.39, 0.29) is 5.78 Å². The lowest BCUT2D eigenvalue weighted by Gasteiger charge is -2.22. The molecule has 0 aliphatic carbocycles. The SMILES string of the molecule is COc1cc(/C=C/C(=O)c2ccc(N=NN3CCOCC3)cc2)cc(OC)c1OC. The fourth-order valence-electron chi connectivity index (χ4n) is 2.92. The highest BCUT2D eigenvalue weighted by Crippen LogP contribution is 2.38. The van der Waals surface area contributed by atoms with Crippen molar-refractivity contribution in [3.8, 4) is 17.2 Å². The second-order valence-electron chi connectivity index (χ2n) is 6.46. The van der Waals surface area contributed by atoms with E-state index in [0.29, 0.717) is 41.7 Å². The number of nitrogens with zero attached hydrogens (tertiary/aromatic N) is 3. The van der Waals surface area contributed by atoms with Crippen LogP contribution in [-0.2, 0) is 4.74 Å². The van der Waals surface area contributed by atoms with Gasteiger partial charge in [0.25, 0.3) is 0 Å². The summed E-state index contributed by atoms with van der Waals surface area (Å²) in [5.41, 5.74) is 2.00. The van der Waals surface area contributed by atoms with Crippen molar-refractivity contribution < 1.29 is 23.7 Å². The van der Waals surface area contributed by atoms with Crippen LogP contribution in [0.4, 0.5) is 5.69 Å². The van der Waals surface area contributed by atoms with E-state index in [1.165, 1.54) is 6.08 Å². The van der Waals surface area contributed by atoms with Crippen molar-refractivity contribution >= 4 is 17.5 Å². The minimum atomic E-state index is -0.125. The Morgan fingerprint density at radius 1 is 1.00 bits per heavy atom. The summed E-state index contributed by atoms with van der Waals surface area (Å²) in [6.07, 6.45) is 3.21. The van der Waals surface area contributed by atoms with Gasteiger partial charge in [-0.05, 0) is 48.0 Å². The van der Waals surface area contributed by atoms with Crippen molar-refractivity contribution in [2.24, 2.45) is 10.3 Å². The van der Waals surface area contributed by atoms with E-state index >= 15 is 0 Å². The van der Waals surface area contributed by atoms with E-state index in [0.717, 1.165) is 18.7 Å². The molecule has 0 spiro atoms. The van der Waals surface area contributed by atoms with Crippen molar-refractivity contribution in [2.75, 3.05) is 47.6 Å². The number of ketones is 1. The van der Waals surface area contributed by atoms with Crippen LogP contribution in [-0.4, -0.2) is 58.4 Å². The molecule has 8 nitrogen and oxygen atoms in total. The van der Waals surface area contributed by atoms with Crippen LogP contribution in [0.1, 0.15) is 15.9 Å². The highest BCUT2D eigenvalue weighted by atomic mass is 16.5. The van der Waals surface area contributed by atoms with Crippen LogP contribution in [0, 0.1) is 0 Å². The van der Waals surface area contributed by atoms with Gasteiger partial charge in [-0.1, -0.05) is 11.3 Å². The number of carbonyl (C=O) groups excluding carboxylic acids is 1. The van der Waals surface area contributed by atoms with E-state index < -0.39 is 0 Å². The van der Waals surface area contributed by atoms with Gasteiger partial charge in [0.15, 0.2) is 17.3 Å². The maximum Gasteiger partial charge on any atom is 0.203 e. The van der Waals surface area contributed by atoms with Crippen molar-refractivity contribution in [3.05, 3.63) is 53.6 Å². The molecule has 2 aromatic rings. The zero-order valence-corrected chi connectivity index (χ0v) is 17.3. The molecule has 0 amide bonds. The molecular formula is C22H25N3O5. The Morgan fingerprint density at radius 3 is 2.20 bits per heavy atom. The number of benzene rings is 2. The maximum absolute atomic E-state index is 12.5. The molecule has 1 aliphatic heterocycles. The normalized spacial score (nSPS) is 14.3. The van der Waals surface area contributed by atoms with E-state index in [1.807, 2.05) is 5.01 Å². The zero-order chi connectivity index (χ0) is 21.3. The third-order valence-corrected chi connectivity index (χ3v) is 4.54. The number of rotatable bonds is 8. The molecule has 8 heteroatoms. The van der Waals surface area contributed by atoms with Crippen LogP contribution in [0.3, 0.4) is 0 Å². The molecule has 0 saturated carbocycles. The predicted molar refractivity (Wildman–Crippen MR) is 113 cm³/mol. The van der Waals surface area contributed by atoms with Gasteiger partial charge < -0.3 is 18.9 Å². The second kappa shape index (κ2) is 10.4. The zero-order valence-electron chi connectivity index (χ0n) is 17.3. The van der Waals surface area contributed by atoms with Crippen LogP contribution >= 0.6 is 0 Å². The van der Waals surface area contributed by atoms with Gasteiger partial charge in [0, 0.05) is 5.56 Å². The third-order valence-electron chi connectivity index (χ3n) is 4.54. The number of hydrogen-bond donors (Lipinski definition) is 0. The Balaban J connectivity index is 1.68. The topological polar surface area (TPSA) is 82.0 Å². The molecule has 1 saturated heterocycles. The smallest absolute Gasteiger partial charge is 0.203 e. The number of allylic oxidation sites excluding steroid dienone is 1. The summed E-state index contributed by atoms with van der Waals surface area (Å²) >= 11 is 0. The van der Waals surface area contributed by atoms with Crippen molar-refractivity contribution in [1.82, 2.24) is 5.01 Å². The van der Waals surface area contributed by atoms with Crippen LogP contribution in [0.15, 0.2) is 52.8 Å². The summed E-state index contributed by atoms with van der Waals surface area (Å²) in [6.45, 7) is 2.77. The van der Waals surface area contributed by atoms with Gasteiger partial charge in [0.2, 0.25) is 5.75 Å². The number of hydrogen-bond acceptors (Lipinski definition) is 7. The van der Waals surface area contributed by atoms with Crippen molar-refractivity contribution in [2.45, 2.75) is 0 Å². The third kappa shape index (κ3) is 5.36. The Morgan fingerprint density at radius 2 is 1.63 bits per heavy atom.